The van der Waals surface area contributed by atoms with Gasteiger partial charge in [-0.3, -0.25) is 0 Å². The number of nitrogens with two attached hydrogens (primary N) is 1. The number of hydrogen-bond acceptors (Lipinski definition) is 5. The maximum absolute atomic E-state index is 6.18. The van der Waals surface area contributed by atoms with Crippen molar-refractivity contribution in [2.45, 2.75) is 25.8 Å². The average Bonchev–Trinajstić information content (AvgIpc) is 2.99. The topological polar surface area (TPSA) is 69.1 Å². The number of fused-ring (bicyclic) bond motifs is 1. The molecule has 0 aliphatic heterocycles. The van der Waals surface area contributed by atoms with E-state index < -0.39 is 0 Å². The van der Waals surface area contributed by atoms with Crippen molar-refractivity contribution in [3.63, 3.8) is 0 Å². The molecule has 1 aromatic carbocycles. The van der Waals surface area contributed by atoms with E-state index >= 15 is 0 Å². The SMILES string of the molecule is Cc1nnc2sc(CCC(N)c3ccccc3)nn12. The monoisotopic (exact) mass is 273 g/mol. The fourth-order valence-electron chi connectivity index (χ4n) is 2.00. The Bertz CT molecular complexity index is 673. The van der Waals surface area contributed by atoms with Crippen molar-refractivity contribution < 1.29 is 0 Å². The van der Waals surface area contributed by atoms with Gasteiger partial charge in [0.1, 0.15) is 5.01 Å². The fraction of sp³-hybridized carbons (Fsp3) is 0.308. The van der Waals surface area contributed by atoms with Gasteiger partial charge in [0.25, 0.3) is 0 Å². The molecule has 6 heteroatoms. The van der Waals surface area contributed by atoms with Gasteiger partial charge in [-0.25, -0.2) is 0 Å². The van der Waals surface area contributed by atoms with Crippen molar-refractivity contribution in [2.24, 2.45) is 5.73 Å². The second-order valence-corrected chi connectivity index (χ2v) is 5.53. The van der Waals surface area contributed by atoms with Crippen LogP contribution in [-0.4, -0.2) is 19.8 Å². The van der Waals surface area contributed by atoms with E-state index in [9.17, 15) is 0 Å². The van der Waals surface area contributed by atoms with Crippen LogP contribution in [0.4, 0.5) is 0 Å². The Morgan fingerprint density at radius 1 is 1.26 bits per heavy atom. The maximum atomic E-state index is 6.18. The van der Waals surface area contributed by atoms with Crippen molar-refractivity contribution in [3.05, 3.63) is 46.7 Å². The van der Waals surface area contributed by atoms with Gasteiger partial charge >= 0.3 is 0 Å². The summed E-state index contributed by atoms with van der Waals surface area (Å²) < 4.78 is 1.79. The highest BCUT2D eigenvalue weighted by Gasteiger charge is 2.11. The number of aryl methyl sites for hydroxylation is 2. The molecule has 0 aliphatic rings. The summed E-state index contributed by atoms with van der Waals surface area (Å²) >= 11 is 1.58. The molecule has 5 nitrogen and oxygen atoms in total. The second-order valence-electron chi connectivity index (χ2n) is 4.49. The molecule has 0 saturated carbocycles. The highest BCUT2D eigenvalue weighted by molar-refractivity contribution is 7.16. The molecular weight excluding hydrogens is 258 g/mol. The van der Waals surface area contributed by atoms with E-state index in [1.807, 2.05) is 25.1 Å². The first-order valence-electron chi connectivity index (χ1n) is 6.22. The number of nitrogens with zero attached hydrogens (tertiary/aromatic N) is 4. The lowest BCUT2D eigenvalue weighted by Gasteiger charge is -2.10. The molecule has 2 heterocycles. The fourth-order valence-corrected chi connectivity index (χ4v) is 2.90. The third-order valence-electron chi connectivity index (χ3n) is 3.09. The molecule has 0 amide bonds. The van der Waals surface area contributed by atoms with Gasteiger partial charge in [-0.15, -0.1) is 10.2 Å². The largest absolute Gasteiger partial charge is 0.324 e. The molecule has 2 aromatic heterocycles. The molecule has 3 rings (SSSR count). The van der Waals surface area contributed by atoms with Crippen LogP contribution < -0.4 is 5.73 Å². The van der Waals surface area contributed by atoms with Crippen molar-refractivity contribution in [2.75, 3.05) is 0 Å². The van der Waals surface area contributed by atoms with Crippen LogP contribution in [0.2, 0.25) is 0 Å². The standard InChI is InChI=1S/C13H15N5S/c1-9-15-16-13-18(9)17-12(19-13)8-7-11(14)10-5-3-2-4-6-10/h2-6,11H,7-8,14H2,1H3. The van der Waals surface area contributed by atoms with Gasteiger partial charge in [0, 0.05) is 12.5 Å². The Kier molecular flexibility index (Phi) is 3.27. The summed E-state index contributed by atoms with van der Waals surface area (Å²) in [6.45, 7) is 1.90. The van der Waals surface area contributed by atoms with Gasteiger partial charge in [0.15, 0.2) is 5.82 Å². The zero-order chi connectivity index (χ0) is 13.2. The number of aromatic nitrogens is 4. The van der Waals surface area contributed by atoms with Crippen molar-refractivity contribution in [1.29, 1.82) is 0 Å². The highest BCUT2D eigenvalue weighted by Crippen LogP contribution is 2.19. The summed E-state index contributed by atoms with van der Waals surface area (Å²) in [7, 11) is 0. The van der Waals surface area contributed by atoms with E-state index in [1.165, 1.54) is 5.56 Å². The Hall–Kier alpha value is -1.79. The molecule has 1 unspecified atom stereocenters. The Balaban J connectivity index is 1.69. The summed E-state index contributed by atoms with van der Waals surface area (Å²) in [6.07, 6.45) is 1.75. The van der Waals surface area contributed by atoms with E-state index in [0.29, 0.717) is 0 Å². The lowest BCUT2D eigenvalue weighted by atomic mass is 10.0. The minimum Gasteiger partial charge on any atom is -0.324 e. The van der Waals surface area contributed by atoms with Crippen LogP contribution in [0.15, 0.2) is 30.3 Å². The van der Waals surface area contributed by atoms with Gasteiger partial charge in [0.05, 0.1) is 0 Å². The molecule has 19 heavy (non-hydrogen) atoms. The van der Waals surface area contributed by atoms with Gasteiger partial charge in [0.2, 0.25) is 4.96 Å². The zero-order valence-electron chi connectivity index (χ0n) is 10.7. The molecule has 3 aromatic rings. The van der Waals surface area contributed by atoms with Crippen LogP contribution in [0, 0.1) is 6.92 Å². The first-order valence-corrected chi connectivity index (χ1v) is 7.04. The molecule has 1 atom stereocenters. The Morgan fingerprint density at radius 3 is 2.79 bits per heavy atom. The van der Waals surface area contributed by atoms with Gasteiger partial charge < -0.3 is 5.73 Å². The Morgan fingerprint density at radius 2 is 2.05 bits per heavy atom. The third-order valence-corrected chi connectivity index (χ3v) is 4.04. The van der Waals surface area contributed by atoms with Crippen LogP contribution in [0.5, 0.6) is 0 Å². The molecule has 98 valence electrons. The molecule has 0 aliphatic carbocycles. The van der Waals surface area contributed by atoms with E-state index in [-0.39, 0.29) is 6.04 Å². The second kappa shape index (κ2) is 5.07. The number of rotatable bonds is 4. The number of benzene rings is 1. The minimum atomic E-state index is 0.0524. The smallest absolute Gasteiger partial charge is 0.234 e. The normalized spacial score (nSPS) is 12.9. The van der Waals surface area contributed by atoms with E-state index in [4.69, 9.17) is 5.73 Å². The predicted molar refractivity (Wildman–Crippen MR) is 75.1 cm³/mol. The molecule has 2 N–H and O–H groups in total. The van der Waals surface area contributed by atoms with Crippen molar-refractivity contribution >= 4 is 16.3 Å². The summed E-state index contributed by atoms with van der Waals surface area (Å²) in [4.78, 5) is 0.848. The lowest BCUT2D eigenvalue weighted by Crippen LogP contribution is -2.11. The zero-order valence-corrected chi connectivity index (χ0v) is 11.5. The summed E-state index contributed by atoms with van der Waals surface area (Å²) in [5.74, 6) is 0.824. The molecule has 0 bridgehead atoms. The van der Waals surface area contributed by atoms with Crippen LogP contribution in [-0.2, 0) is 6.42 Å². The summed E-state index contributed by atoms with van der Waals surface area (Å²) in [6, 6.07) is 10.2. The van der Waals surface area contributed by atoms with Crippen molar-refractivity contribution in [1.82, 2.24) is 19.8 Å². The first-order chi connectivity index (χ1) is 9.24. The Labute approximate surface area is 115 Å². The van der Waals surface area contributed by atoms with Crippen LogP contribution in [0.1, 0.15) is 28.9 Å². The van der Waals surface area contributed by atoms with Crippen LogP contribution in [0.25, 0.3) is 4.96 Å². The minimum absolute atomic E-state index is 0.0524. The molecule has 0 saturated heterocycles. The summed E-state index contributed by atoms with van der Waals surface area (Å²) in [5.41, 5.74) is 7.35. The van der Waals surface area contributed by atoms with E-state index in [2.05, 4.69) is 27.4 Å². The quantitative estimate of drug-likeness (QED) is 0.790. The predicted octanol–water partition coefficient (Wildman–Crippen LogP) is 2.13. The van der Waals surface area contributed by atoms with E-state index in [0.717, 1.165) is 28.6 Å². The van der Waals surface area contributed by atoms with Crippen LogP contribution >= 0.6 is 11.3 Å². The first kappa shape index (κ1) is 12.3. The van der Waals surface area contributed by atoms with E-state index in [1.54, 1.807) is 15.9 Å². The maximum Gasteiger partial charge on any atom is 0.234 e. The average molecular weight is 273 g/mol. The summed E-state index contributed by atoms with van der Waals surface area (Å²) in [5, 5.41) is 13.6. The lowest BCUT2D eigenvalue weighted by molar-refractivity contribution is 0.644. The van der Waals surface area contributed by atoms with Crippen LogP contribution in [0.3, 0.4) is 0 Å². The van der Waals surface area contributed by atoms with Gasteiger partial charge in [-0.05, 0) is 18.9 Å². The molecular formula is C13H15N5S. The molecule has 0 spiro atoms. The molecule has 0 fully saturated rings. The number of hydrogen-bond donors (Lipinski definition) is 1. The van der Waals surface area contributed by atoms with Gasteiger partial charge in [-0.1, -0.05) is 41.7 Å². The third kappa shape index (κ3) is 2.50. The highest BCUT2D eigenvalue weighted by atomic mass is 32.1. The molecule has 0 radical (unpaired) electrons. The van der Waals surface area contributed by atoms with Crippen molar-refractivity contribution in [3.8, 4) is 0 Å². The van der Waals surface area contributed by atoms with Gasteiger partial charge in [-0.2, -0.15) is 9.61 Å².